The first-order chi connectivity index (χ1) is 7.04. The van der Waals surface area contributed by atoms with Crippen LogP contribution in [0, 0.1) is 11.6 Å². The number of phenolic OH excluding ortho intramolecular Hbond substituents is 1. The highest BCUT2D eigenvalue weighted by molar-refractivity contribution is 5.40. The minimum Gasteiger partial charge on any atom is -0.505 e. The van der Waals surface area contributed by atoms with Crippen molar-refractivity contribution >= 4 is 0 Å². The number of hydrogen-bond donors (Lipinski definition) is 2. The first kappa shape index (κ1) is 10.4. The number of rotatable bonds is 1. The third-order valence-electron chi connectivity index (χ3n) is 3.10. The maximum absolute atomic E-state index is 13.1. The van der Waals surface area contributed by atoms with Crippen molar-refractivity contribution in [3.8, 4) is 5.75 Å². The van der Waals surface area contributed by atoms with Gasteiger partial charge >= 0.3 is 0 Å². The van der Waals surface area contributed by atoms with Crippen molar-refractivity contribution in [3.63, 3.8) is 0 Å². The van der Waals surface area contributed by atoms with Gasteiger partial charge in [0, 0.05) is 11.1 Å². The standard InChI is InChI=1S/C11H13F2NO/c12-8-4-3-7(10(15)9(8)13)11(14)5-1-2-6-11/h3-4,15H,1-2,5-6,14H2. The Balaban J connectivity index is 2.49. The Labute approximate surface area is 86.7 Å². The zero-order valence-electron chi connectivity index (χ0n) is 8.26. The molecule has 0 heterocycles. The van der Waals surface area contributed by atoms with Crippen LogP contribution in [0.1, 0.15) is 31.2 Å². The summed E-state index contributed by atoms with van der Waals surface area (Å²) < 4.78 is 25.9. The molecule has 15 heavy (non-hydrogen) atoms. The first-order valence-electron chi connectivity index (χ1n) is 5.01. The van der Waals surface area contributed by atoms with E-state index in [4.69, 9.17) is 5.73 Å². The van der Waals surface area contributed by atoms with E-state index in [9.17, 15) is 13.9 Å². The quantitative estimate of drug-likeness (QED) is 0.752. The molecule has 82 valence electrons. The molecule has 1 saturated carbocycles. The molecule has 3 N–H and O–H groups in total. The second-order valence-electron chi connectivity index (χ2n) is 4.12. The molecule has 0 atom stereocenters. The summed E-state index contributed by atoms with van der Waals surface area (Å²) in [5, 5.41) is 9.51. The summed E-state index contributed by atoms with van der Waals surface area (Å²) in [6, 6.07) is 2.39. The van der Waals surface area contributed by atoms with Crippen LogP contribution < -0.4 is 5.73 Å². The van der Waals surface area contributed by atoms with Crippen LogP contribution in [0.4, 0.5) is 8.78 Å². The van der Waals surface area contributed by atoms with Gasteiger partial charge in [0.2, 0.25) is 5.82 Å². The number of benzene rings is 1. The van der Waals surface area contributed by atoms with Gasteiger partial charge in [-0.3, -0.25) is 0 Å². The van der Waals surface area contributed by atoms with Crippen LogP contribution >= 0.6 is 0 Å². The van der Waals surface area contributed by atoms with Crippen molar-refractivity contribution in [2.75, 3.05) is 0 Å². The molecular formula is C11H13F2NO. The highest BCUT2D eigenvalue weighted by atomic mass is 19.2. The van der Waals surface area contributed by atoms with Crippen LogP contribution in [0.3, 0.4) is 0 Å². The normalized spacial score (nSPS) is 19.4. The van der Waals surface area contributed by atoms with E-state index in [0.29, 0.717) is 18.4 Å². The van der Waals surface area contributed by atoms with Gasteiger partial charge in [0.15, 0.2) is 11.6 Å². The van der Waals surface area contributed by atoms with Crippen LogP contribution in [0.15, 0.2) is 12.1 Å². The molecule has 0 radical (unpaired) electrons. The fourth-order valence-corrected chi connectivity index (χ4v) is 2.22. The lowest BCUT2D eigenvalue weighted by molar-refractivity contribution is 0.371. The van der Waals surface area contributed by atoms with Gasteiger partial charge < -0.3 is 10.8 Å². The van der Waals surface area contributed by atoms with E-state index < -0.39 is 22.9 Å². The average Bonchev–Trinajstić information content (AvgIpc) is 2.62. The van der Waals surface area contributed by atoms with Crippen LogP contribution in [-0.2, 0) is 5.54 Å². The molecule has 0 aromatic heterocycles. The molecule has 0 saturated heterocycles. The molecule has 2 rings (SSSR count). The lowest BCUT2D eigenvalue weighted by Crippen LogP contribution is -2.33. The molecule has 1 aromatic carbocycles. The zero-order chi connectivity index (χ0) is 11.1. The Morgan fingerprint density at radius 2 is 1.80 bits per heavy atom. The summed E-state index contributed by atoms with van der Waals surface area (Å²) >= 11 is 0. The second-order valence-corrected chi connectivity index (χ2v) is 4.12. The van der Waals surface area contributed by atoms with Crippen molar-refractivity contribution in [1.82, 2.24) is 0 Å². The maximum atomic E-state index is 13.1. The molecule has 4 heteroatoms. The lowest BCUT2D eigenvalue weighted by atomic mass is 9.88. The van der Waals surface area contributed by atoms with E-state index in [1.54, 1.807) is 0 Å². The van der Waals surface area contributed by atoms with Gasteiger partial charge in [-0.25, -0.2) is 4.39 Å². The Morgan fingerprint density at radius 1 is 1.20 bits per heavy atom. The summed E-state index contributed by atoms with van der Waals surface area (Å²) in [7, 11) is 0. The van der Waals surface area contributed by atoms with E-state index in [-0.39, 0.29) is 0 Å². The Bertz CT molecular complexity index is 386. The first-order valence-corrected chi connectivity index (χ1v) is 5.01. The fourth-order valence-electron chi connectivity index (χ4n) is 2.22. The van der Waals surface area contributed by atoms with Gasteiger partial charge in [0.1, 0.15) is 0 Å². The molecule has 2 nitrogen and oxygen atoms in total. The minimum absolute atomic E-state index is 0.318. The van der Waals surface area contributed by atoms with Gasteiger partial charge in [-0.2, -0.15) is 4.39 Å². The average molecular weight is 213 g/mol. The number of aromatic hydroxyl groups is 1. The summed E-state index contributed by atoms with van der Waals surface area (Å²) in [6.07, 6.45) is 3.31. The Hall–Kier alpha value is -1.16. The van der Waals surface area contributed by atoms with E-state index in [1.807, 2.05) is 0 Å². The summed E-state index contributed by atoms with van der Waals surface area (Å²) in [5.74, 6) is -2.89. The predicted molar refractivity (Wildman–Crippen MR) is 52.4 cm³/mol. The smallest absolute Gasteiger partial charge is 0.200 e. The highest BCUT2D eigenvalue weighted by Gasteiger charge is 2.34. The predicted octanol–water partition coefficient (Wildman–Crippen LogP) is 2.40. The molecule has 0 aliphatic heterocycles. The third-order valence-corrected chi connectivity index (χ3v) is 3.10. The lowest BCUT2D eigenvalue weighted by Gasteiger charge is -2.25. The highest BCUT2D eigenvalue weighted by Crippen LogP contribution is 2.41. The molecule has 1 aliphatic carbocycles. The zero-order valence-corrected chi connectivity index (χ0v) is 8.26. The van der Waals surface area contributed by atoms with Gasteiger partial charge in [-0.1, -0.05) is 18.9 Å². The Kier molecular flexibility index (Phi) is 2.38. The molecule has 0 spiro atoms. The molecule has 0 unspecified atom stereocenters. The number of hydrogen-bond acceptors (Lipinski definition) is 2. The van der Waals surface area contributed by atoms with E-state index in [2.05, 4.69) is 0 Å². The van der Waals surface area contributed by atoms with E-state index >= 15 is 0 Å². The van der Waals surface area contributed by atoms with Crippen molar-refractivity contribution < 1.29 is 13.9 Å². The van der Waals surface area contributed by atoms with Gasteiger partial charge in [0.25, 0.3) is 0 Å². The second kappa shape index (κ2) is 3.45. The maximum Gasteiger partial charge on any atom is 0.200 e. The minimum atomic E-state index is -1.20. The van der Waals surface area contributed by atoms with Crippen molar-refractivity contribution in [2.24, 2.45) is 5.73 Å². The SMILES string of the molecule is NC1(c2ccc(F)c(F)c2O)CCCC1. The van der Waals surface area contributed by atoms with E-state index in [0.717, 1.165) is 18.9 Å². The monoisotopic (exact) mass is 213 g/mol. The third kappa shape index (κ3) is 1.59. The van der Waals surface area contributed by atoms with Crippen molar-refractivity contribution in [1.29, 1.82) is 0 Å². The van der Waals surface area contributed by atoms with Crippen LogP contribution in [0.5, 0.6) is 5.75 Å². The van der Waals surface area contributed by atoms with Crippen molar-refractivity contribution in [2.45, 2.75) is 31.2 Å². The van der Waals surface area contributed by atoms with Crippen molar-refractivity contribution in [3.05, 3.63) is 29.3 Å². The topological polar surface area (TPSA) is 46.2 Å². The summed E-state index contributed by atoms with van der Waals surface area (Å²) in [6.45, 7) is 0. The number of phenols is 1. The van der Waals surface area contributed by atoms with Gasteiger partial charge in [-0.15, -0.1) is 0 Å². The molecular weight excluding hydrogens is 200 g/mol. The Morgan fingerprint density at radius 3 is 2.40 bits per heavy atom. The van der Waals surface area contributed by atoms with Crippen LogP contribution in [0.2, 0.25) is 0 Å². The summed E-state index contributed by atoms with van der Waals surface area (Å²) in [5.41, 5.74) is 5.67. The fraction of sp³-hybridized carbons (Fsp3) is 0.455. The van der Waals surface area contributed by atoms with Crippen LogP contribution in [0.25, 0.3) is 0 Å². The number of nitrogens with two attached hydrogens (primary N) is 1. The molecule has 1 aromatic rings. The molecule has 1 fully saturated rings. The summed E-state index contributed by atoms with van der Waals surface area (Å²) in [4.78, 5) is 0. The van der Waals surface area contributed by atoms with E-state index in [1.165, 1.54) is 6.07 Å². The molecule has 1 aliphatic rings. The van der Waals surface area contributed by atoms with Crippen LogP contribution in [-0.4, -0.2) is 5.11 Å². The number of halogens is 2. The largest absolute Gasteiger partial charge is 0.505 e. The van der Waals surface area contributed by atoms with Gasteiger partial charge in [-0.05, 0) is 18.9 Å². The molecule has 0 bridgehead atoms. The van der Waals surface area contributed by atoms with Gasteiger partial charge in [0.05, 0.1) is 0 Å². The molecule has 0 amide bonds.